The summed E-state index contributed by atoms with van der Waals surface area (Å²) in [5, 5.41) is 27.8. The fourth-order valence-corrected chi connectivity index (χ4v) is 1.87. The number of aliphatic hydroxyl groups excluding tert-OH is 2. The molecule has 0 saturated heterocycles. The molecule has 4 nitrogen and oxygen atoms in total. The molecule has 0 fully saturated rings. The number of aliphatic hydroxyl groups is 2. The number of carboxylic acids is 1. The van der Waals surface area contributed by atoms with E-state index in [9.17, 15) is 15.0 Å². The van der Waals surface area contributed by atoms with Gasteiger partial charge >= 0.3 is 5.97 Å². The first-order valence-corrected chi connectivity index (χ1v) is 8.61. The highest BCUT2D eigenvalue weighted by Crippen LogP contribution is 2.02. The van der Waals surface area contributed by atoms with Gasteiger partial charge in [-0.1, -0.05) is 56.2 Å². The second-order valence-electron chi connectivity index (χ2n) is 5.59. The predicted octanol–water partition coefficient (Wildman–Crippen LogP) is 3.61. The summed E-state index contributed by atoms with van der Waals surface area (Å²) in [5.41, 5.74) is 0. The third kappa shape index (κ3) is 16.5. The molecule has 0 rings (SSSR count). The minimum absolute atomic E-state index is 0.0723. The lowest BCUT2D eigenvalue weighted by molar-refractivity contribution is -0.137. The summed E-state index contributed by atoms with van der Waals surface area (Å²) in [4.78, 5) is 10.3. The van der Waals surface area contributed by atoms with Crippen LogP contribution in [0.5, 0.6) is 0 Å². The Kier molecular flexibility index (Phi) is 14.8. The molecule has 2 atom stereocenters. The molecule has 0 spiro atoms. The zero-order chi connectivity index (χ0) is 18.0. The minimum Gasteiger partial charge on any atom is -0.481 e. The quantitative estimate of drug-likeness (QED) is 0.289. The molecule has 2 unspecified atom stereocenters. The summed E-state index contributed by atoms with van der Waals surface area (Å²) in [6.45, 7) is 2.16. The summed E-state index contributed by atoms with van der Waals surface area (Å²) in [5.74, 6) is 5.19. The molecule has 4 heteroatoms. The van der Waals surface area contributed by atoms with Gasteiger partial charge in [0, 0.05) is 19.3 Å². The van der Waals surface area contributed by atoms with Crippen LogP contribution >= 0.6 is 0 Å². The zero-order valence-corrected chi connectivity index (χ0v) is 14.5. The number of carbonyl (C=O) groups is 1. The second kappa shape index (κ2) is 16.0. The fraction of sp³-hybridized carbons (Fsp3) is 0.550. The molecule has 0 saturated carbocycles. The van der Waals surface area contributed by atoms with Crippen LogP contribution in [-0.4, -0.2) is 33.5 Å². The molecular formula is C20H30O4. The molecule has 24 heavy (non-hydrogen) atoms. The lowest BCUT2D eigenvalue weighted by Gasteiger charge is -2.02. The Hall–Kier alpha value is -1.83. The van der Waals surface area contributed by atoms with Crippen LogP contribution in [0.3, 0.4) is 0 Å². The van der Waals surface area contributed by atoms with Gasteiger partial charge in [0.2, 0.25) is 0 Å². The van der Waals surface area contributed by atoms with Gasteiger partial charge in [-0.25, -0.2) is 0 Å². The minimum atomic E-state index is -0.847. The molecule has 0 aromatic carbocycles. The summed E-state index contributed by atoms with van der Waals surface area (Å²) in [7, 11) is 0. The number of carboxylic acid groups (broad SMARTS) is 1. The van der Waals surface area contributed by atoms with Gasteiger partial charge in [-0.3, -0.25) is 4.79 Å². The SMILES string of the molecule is CCCCCC#CCC(O)C=CC=CC=CC(O)CCCC(=O)O. The maximum atomic E-state index is 10.3. The van der Waals surface area contributed by atoms with E-state index in [4.69, 9.17) is 5.11 Å². The molecule has 0 aliphatic rings. The van der Waals surface area contributed by atoms with Crippen molar-refractivity contribution < 1.29 is 20.1 Å². The molecular weight excluding hydrogens is 304 g/mol. The van der Waals surface area contributed by atoms with E-state index in [0.29, 0.717) is 19.3 Å². The standard InChI is InChI=1S/C20H30O4/c1-2-3-4-5-6-9-13-18(21)14-10-7-8-11-15-19(22)16-12-17-20(23)24/h7-8,10-11,14-15,18-19,21-22H,2-5,12-13,16-17H2,1H3,(H,23,24). The number of rotatable bonds is 12. The summed E-state index contributed by atoms with van der Waals surface area (Å²) >= 11 is 0. The van der Waals surface area contributed by atoms with Crippen molar-refractivity contribution in [3.8, 4) is 11.8 Å². The first-order chi connectivity index (χ1) is 11.6. The Balaban J connectivity index is 3.85. The Bertz CT molecular complexity index is 466. The third-order valence-corrected chi connectivity index (χ3v) is 3.23. The van der Waals surface area contributed by atoms with E-state index in [1.165, 1.54) is 12.8 Å². The van der Waals surface area contributed by atoms with E-state index < -0.39 is 18.2 Å². The van der Waals surface area contributed by atoms with E-state index in [1.807, 2.05) is 0 Å². The second-order valence-corrected chi connectivity index (χ2v) is 5.59. The summed E-state index contributed by atoms with van der Waals surface area (Å²) < 4.78 is 0. The molecule has 0 amide bonds. The van der Waals surface area contributed by atoms with Crippen LogP contribution in [0.1, 0.15) is 58.3 Å². The van der Waals surface area contributed by atoms with E-state index in [1.54, 1.807) is 36.5 Å². The number of aliphatic carboxylic acids is 1. The lowest BCUT2D eigenvalue weighted by atomic mass is 10.1. The van der Waals surface area contributed by atoms with Gasteiger partial charge in [-0.15, -0.1) is 11.8 Å². The van der Waals surface area contributed by atoms with Crippen molar-refractivity contribution in [1.29, 1.82) is 0 Å². The molecule has 134 valence electrons. The van der Waals surface area contributed by atoms with E-state index in [0.717, 1.165) is 12.8 Å². The Morgan fingerprint density at radius 2 is 1.62 bits per heavy atom. The predicted molar refractivity (Wildman–Crippen MR) is 97.5 cm³/mol. The fourth-order valence-electron chi connectivity index (χ4n) is 1.87. The molecule has 0 aromatic heterocycles. The number of hydrogen-bond donors (Lipinski definition) is 3. The van der Waals surface area contributed by atoms with Crippen molar-refractivity contribution in [2.24, 2.45) is 0 Å². The van der Waals surface area contributed by atoms with Crippen molar-refractivity contribution in [3.63, 3.8) is 0 Å². The zero-order valence-electron chi connectivity index (χ0n) is 14.5. The first kappa shape index (κ1) is 22.2. The van der Waals surface area contributed by atoms with Crippen molar-refractivity contribution >= 4 is 5.97 Å². The van der Waals surface area contributed by atoms with Gasteiger partial charge in [0.1, 0.15) is 0 Å². The van der Waals surface area contributed by atoms with Crippen molar-refractivity contribution in [1.82, 2.24) is 0 Å². The van der Waals surface area contributed by atoms with E-state index in [2.05, 4.69) is 18.8 Å². The topological polar surface area (TPSA) is 77.8 Å². The highest BCUT2D eigenvalue weighted by Gasteiger charge is 2.01. The van der Waals surface area contributed by atoms with Gasteiger partial charge in [0.05, 0.1) is 12.2 Å². The van der Waals surface area contributed by atoms with E-state index >= 15 is 0 Å². The molecule has 0 radical (unpaired) electrons. The molecule has 0 aliphatic carbocycles. The van der Waals surface area contributed by atoms with Crippen LogP contribution < -0.4 is 0 Å². The van der Waals surface area contributed by atoms with Gasteiger partial charge in [-0.2, -0.15) is 0 Å². The maximum Gasteiger partial charge on any atom is 0.303 e. The van der Waals surface area contributed by atoms with Crippen molar-refractivity contribution in [3.05, 3.63) is 36.5 Å². The third-order valence-electron chi connectivity index (χ3n) is 3.23. The molecule has 0 aliphatic heterocycles. The lowest BCUT2D eigenvalue weighted by Crippen LogP contribution is -2.03. The molecule has 0 aromatic rings. The van der Waals surface area contributed by atoms with E-state index in [-0.39, 0.29) is 6.42 Å². The normalized spacial score (nSPS) is 14.1. The summed E-state index contributed by atoms with van der Waals surface area (Å²) in [6, 6.07) is 0. The maximum absolute atomic E-state index is 10.3. The van der Waals surface area contributed by atoms with Crippen molar-refractivity contribution in [2.75, 3.05) is 0 Å². The average molecular weight is 334 g/mol. The highest BCUT2D eigenvalue weighted by atomic mass is 16.4. The first-order valence-electron chi connectivity index (χ1n) is 8.61. The molecule has 0 bridgehead atoms. The monoisotopic (exact) mass is 334 g/mol. The molecule has 0 heterocycles. The van der Waals surface area contributed by atoms with Gasteiger partial charge in [0.25, 0.3) is 0 Å². The van der Waals surface area contributed by atoms with Gasteiger partial charge in [-0.05, 0) is 19.3 Å². The number of unbranched alkanes of at least 4 members (excludes halogenated alkanes) is 3. The Morgan fingerprint density at radius 1 is 0.958 bits per heavy atom. The Morgan fingerprint density at radius 3 is 2.25 bits per heavy atom. The van der Waals surface area contributed by atoms with Crippen molar-refractivity contribution in [2.45, 2.75) is 70.5 Å². The number of hydrogen-bond acceptors (Lipinski definition) is 3. The smallest absolute Gasteiger partial charge is 0.303 e. The molecule has 3 N–H and O–H groups in total. The average Bonchev–Trinajstić information content (AvgIpc) is 2.53. The van der Waals surface area contributed by atoms with Crippen LogP contribution in [0.2, 0.25) is 0 Å². The van der Waals surface area contributed by atoms with Gasteiger partial charge < -0.3 is 15.3 Å². The van der Waals surface area contributed by atoms with Gasteiger partial charge in [0.15, 0.2) is 0 Å². The van der Waals surface area contributed by atoms with Crippen LogP contribution in [0.25, 0.3) is 0 Å². The van der Waals surface area contributed by atoms with Crippen LogP contribution in [0.15, 0.2) is 36.5 Å². The van der Waals surface area contributed by atoms with Crippen LogP contribution in [-0.2, 0) is 4.79 Å². The largest absolute Gasteiger partial charge is 0.481 e. The van der Waals surface area contributed by atoms with Crippen LogP contribution in [0.4, 0.5) is 0 Å². The Labute approximate surface area is 145 Å². The summed E-state index contributed by atoms with van der Waals surface area (Å²) in [6.07, 6.45) is 14.8. The van der Waals surface area contributed by atoms with Crippen LogP contribution in [0, 0.1) is 11.8 Å². The number of allylic oxidation sites excluding steroid dienone is 4. The highest BCUT2D eigenvalue weighted by molar-refractivity contribution is 5.66.